The number of aromatic hydroxyl groups is 10. The molecule has 0 spiro atoms. The molecule has 1 heterocycles. The van der Waals surface area contributed by atoms with Gasteiger partial charge < -0.3 is 79.9 Å². The molecule has 54 heavy (non-hydrogen) atoms. The smallest absolute Gasteiger partial charge is 0.340 e. The van der Waals surface area contributed by atoms with Gasteiger partial charge >= 0.3 is 23.9 Å². The minimum atomic E-state index is -2.97. The average Bonchev–Trinajstić information content (AvgIpc) is 3.38. The Hall–Kier alpha value is -7.32. The minimum Gasteiger partial charge on any atom is -0.508 e. The van der Waals surface area contributed by atoms with Crippen LogP contribution in [0, 0.1) is 0 Å². The third-order valence-corrected chi connectivity index (χ3v) is 7.82. The second kappa shape index (κ2) is 14.7. The van der Waals surface area contributed by atoms with E-state index >= 15 is 0 Å². The lowest BCUT2D eigenvalue weighted by atomic mass is 9.95. The van der Waals surface area contributed by atoms with Gasteiger partial charge in [0.05, 0.1) is 22.3 Å². The predicted octanol–water partition coefficient (Wildman–Crippen LogP) is 1.30. The van der Waals surface area contributed by atoms with E-state index in [0.29, 0.717) is 36.4 Å². The van der Waals surface area contributed by atoms with Crippen LogP contribution in [-0.2, 0) is 23.7 Å². The molecule has 0 bridgehead atoms. The first-order chi connectivity index (χ1) is 25.4. The number of rotatable bonds is 10. The van der Waals surface area contributed by atoms with Crippen LogP contribution in [-0.4, -0.2) is 117 Å². The number of phenolic OH excluding ortho intramolecular Hbond substituents is 10. The first-order valence-electron chi connectivity index (χ1n) is 15.1. The van der Waals surface area contributed by atoms with Crippen LogP contribution < -0.4 is 0 Å². The second-order valence-electron chi connectivity index (χ2n) is 11.5. The van der Waals surface area contributed by atoms with Crippen molar-refractivity contribution in [1.29, 1.82) is 0 Å². The van der Waals surface area contributed by atoms with E-state index in [1.54, 1.807) is 0 Å². The Balaban J connectivity index is 1.52. The van der Waals surface area contributed by atoms with Crippen molar-refractivity contribution in [2.24, 2.45) is 0 Å². The zero-order valence-corrected chi connectivity index (χ0v) is 27.0. The molecule has 0 aliphatic carbocycles. The maximum atomic E-state index is 13.4. The van der Waals surface area contributed by atoms with Crippen LogP contribution in [0.3, 0.4) is 0 Å². The Labute approximate surface area is 300 Å². The summed E-state index contributed by atoms with van der Waals surface area (Å²) in [5.41, 5.74) is -4.95. The highest BCUT2D eigenvalue weighted by Gasteiger charge is 2.62. The molecule has 0 unspecified atom stereocenters. The number of carbonyl (C=O) groups is 4. The van der Waals surface area contributed by atoms with Crippen molar-refractivity contribution in [3.63, 3.8) is 0 Å². The zero-order chi connectivity index (χ0) is 39.6. The highest BCUT2D eigenvalue weighted by atomic mass is 16.7. The number of ether oxygens (including phenoxy) is 5. The van der Waals surface area contributed by atoms with Gasteiger partial charge in [-0.25, -0.2) is 19.2 Å². The number of aliphatic hydroxyl groups is 1. The van der Waals surface area contributed by atoms with E-state index in [1.165, 1.54) is 0 Å². The molecule has 0 radical (unpaired) electrons. The fourth-order valence-electron chi connectivity index (χ4n) is 5.01. The molecule has 0 aromatic heterocycles. The normalized spacial score (nSPS) is 19.1. The lowest BCUT2D eigenvalue weighted by Gasteiger charge is -2.32. The highest BCUT2D eigenvalue weighted by Crippen LogP contribution is 2.40. The summed E-state index contributed by atoms with van der Waals surface area (Å²) in [4.78, 5) is 52.4. The van der Waals surface area contributed by atoms with Gasteiger partial charge in [-0.05, 0) is 60.7 Å². The van der Waals surface area contributed by atoms with Gasteiger partial charge in [0.15, 0.2) is 57.8 Å². The van der Waals surface area contributed by atoms with Crippen LogP contribution in [0.4, 0.5) is 0 Å². The Morgan fingerprint density at radius 1 is 0.537 bits per heavy atom. The SMILES string of the molecule is O=C(OC[C@H]1O[C@@H](OC(=O)c2ccc(O)cc2)[C@@](O)(COC(=O)c2cc(O)c(O)c(O)c2)[C@@H]1OC(=O)c1cc(O)c(O)c(O)c1)c1cc(O)c(O)c(O)c1. The number of hydrogen-bond acceptors (Lipinski definition) is 20. The van der Waals surface area contributed by atoms with Crippen molar-refractivity contribution in [2.75, 3.05) is 13.2 Å². The molecule has 11 N–H and O–H groups in total. The second-order valence-corrected chi connectivity index (χ2v) is 11.5. The van der Waals surface area contributed by atoms with Crippen LogP contribution in [0.5, 0.6) is 57.5 Å². The summed E-state index contributed by atoms with van der Waals surface area (Å²) >= 11 is 0. The first-order valence-corrected chi connectivity index (χ1v) is 15.1. The van der Waals surface area contributed by atoms with Gasteiger partial charge in [-0.3, -0.25) is 0 Å². The Bertz CT molecular complexity index is 2060. The van der Waals surface area contributed by atoms with E-state index in [0.717, 1.165) is 24.3 Å². The van der Waals surface area contributed by atoms with Gasteiger partial charge in [0, 0.05) is 0 Å². The summed E-state index contributed by atoms with van der Waals surface area (Å²) in [5.74, 6) is -14.3. The van der Waals surface area contributed by atoms with Crippen molar-refractivity contribution in [3.05, 3.63) is 82.9 Å². The molecule has 4 aromatic carbocycles. The predicted molar refractivity (Wildman–Crippen MR) is 171 cm³/mol. The van der Waals surface area contributed by atoms with E-state index in [2.05, 4.69) is 0 Å². The average molecular weight is 757 g/mol. The third-order valence-electron chi connectivity index (χ3n) is 7.82. The van der Waals surface area contributed by atoms with Crippen molar-refractivity contribution in [3.8, 4) is 57.5 Å². The molecule has 0 saturated carbocycles. The van der Waals surface area contributed by atoms with Crippen molar-refractivity contribution in [2.45, 2.75) is 24.1 Å². The molecule has 1 aliphatic rings. The van der Waals surface area contributed by atoms with Gasteiger partial charge in [-0.2, -0.15) is 0 Å². The first kappa shape index (κ1) is 37.9. The fraction of sp³-hybridized carbons (Fsp3) is 0.176. The number of phenols is 10. The van der Waals surface area contributed by atoms with E-state index in [-0.39, 0.29) is 11.3 Å². The van der Waals surface area contributed by atoms with Gasteiger partial charge in [-0.1, -0.05) is 0 Å². The molecule has 1 fully saturated rings. The summed E-state index contributed by atoms with van der Waals surface area (Å²) in [5, 5.41) is 110. The number of esters is 4. The summed E-state index contributed by atoms with van der Waals surface area (Å²) in [6.45, 7) is -2.32. The topological polar surface area (TPSA) is 337 Å². The molecule has 1 saturated heterocycles. The molecule has 5 rings (SSSR count). The molecule has 284 valence electrons. The molecule has 0 amide bonds. The van der Waals surface area contributed by atoms with Crippen LogP contribution in [0.2, 0.25) is 0 Å². The van der Waals surface area contributed by atoms with E-state index in [4.69, 9.17) is 23.7 Å². The van der Waals surface area contributed by atoms with E-state index < -0.39 is 130 Å². The molecular weight excluding hydrogens is 728 g/mol. The van der Waals surface area contributed by atoms with E-state index in [9.17, 15) is 75.3 Å². The van der Waals surface area contributed by atoms with Gasteiger partial charge in [0.1, 0.15) is 25.1 Å². The van der Waals surface area contributed by atoms with Crippen LogP contribution in [0.25, 0.3) is 0 Å². The van der Waals surface area contributed by atoms with Gasteiger partial charge in [0.25, 0.3) is 0 Å². The minimum absolute atomic E-state index is 0.226. The summed E-state index contributed by atoms with van der Waals surface area (Å²) < 4.78 is 26.8. The van der Waals surface area contributed by atoms with Gasteiger partial charge in [0.2, 0.25) is 11.9 Å². The van der Waals surface area contributed by atoms with Crippen LogP contribution in [0.15, 0.2) is 60.7 Å². The zero-order valence-electron chi connectivity index (χ0n) is 27.0. The highest BCUT2D eigenvalue weighted by molar-refractivity contribution is 5.93. The molecular formula is C34H28O20. The molecule has 4 aromatic rings. The standard InChI is InChI=1S/C34H28O20/c35-17-3-1-13(2-4-17)31(47)54-33-34(49,12-51-30(46)15-7-20(38)26(43)21(39)8-15)28(53-32(48)16-9-22(40)27(44)23(41)10-16)24(52-33)11-50-29(45)14-5-18(36)25(42)19(37)6-14/h1-10,24,28,33,35-44,49H,11-12H2/t24-,28-,33+,34-/m1/s1. The molecule has 20 heteroatoms. The maximum absolute atomic E-state index is 13.4. The number of carbonyl (C=O) groups excluding carboxylic acids is 4. The van der Waals surface area contributed by atoms with Crippen LogP contribution >= 0.6 is 0 Å². The Kier molecular flexibility index (Phi) is 10.3. The lowest BCUT2D eigenvalue weighted by molar-refractivity contribution is -0.193. The number of hydrogen-bond donors (Lipinski definition) is 11. The fourth-order valence-corrected chi connectivity index (χ4v) is 5.01. The van der Waals surface area contributed by atoms with Gasteiger partial charge in [-0.15, -0.1) is 0 Å². The van der Waals surface area contributed by atoms with Crippen molar-refractivity contribution >= 4 is 23.9 Å². The Morgan fingerprint density at radius 3 is 1.37 bits per heavy atom. The largest absolute Gasteiger partial charge is 0.508 e. The number of benzene rings is 4. The maximum Gasteiger partial charge on any atom is 0.340 e. The van der Waals surface area contributed by atoms with Crippen molar-refractivity contribution in [1.82, 2.24) is 0 Å². The molecule has 20 nitrogen and oxygen atoms in total. The quantitative estimate of drug-likeness (QED) is 0.0617. The molecule has 1 aliphatic heterocycles. The Morgan fingerprint density at radius 2 is 0.926 bits per heavy atom. The lowest BCUT2D eigenvalue weighted by Crippen LogP contribution is -2.55. The van der Waals surface area contributed by atoms with Crippen LogP contribution in [0.1, 0.15) is 41.4 Å². The monoisotopic (exact) mass is 756 g/mol. The molecule has 4 atom stereocenters. The van der Waals surface area contributed by atoms with Crippen molar-refractivity contribution < 1.29 is 99.0 Å². The van der Waals surface area contributed by atoms with E-state index in [1.807, 2.05) is 0 Å². The summed E-state index contributed by atoms with van der Waals surface area (Å²) in [6, 6.07) is 8.52. The summed E-state index contributed by atoms with van der Waals surface area (Å²) in [6.07, 6.45) is -6.33. The summed E-state index contributed by atoms with van der Waals surface area (Å²) in [7, 11) is 0. The third kappa shape index (κ3) is 7.63.